The molecule has 0 fully saturated rings. The van der Waals surface area contributed by atoms with Crippen LogP contribution < -0.4 is 0 Å². The molecule has 0 aliphatic heterocycles. The van der Waals surface area contributed by atoms with E-state index in [2.05, 4.69) is 19.6 Å². The van der Waals surface area contributed by atoms with Crippen LogP contribution in [-0.2, 0) is 31.0 Å². The van der Waals surface area contributed by atoms with Crippen molar-refractivity contribution in [3.8, 4) is 0 Å². The summed E-state index contributed by atoms with van der Waals surface area (Å²) in [6, 6.07) is 0. The fourth-order valence-electron chi connectivity index (χ4n) is 0. The van der Waals surface area contributed by atoms with Gasteiger partial charge in [-0.2, -0.15) is 0 Å². The van der Waals surface area contributed by atoms with E-state index in [4.69, 9.17) is 0 Å². The van der Waals surface area contributed by atoms with Crippen molar-refractivity contribution in [3.05, 3.63) is 0 Å². The van der Waals surface area contributed by atoms with Crippen molar-refractivity contribution in [3.63, 3.8) is 0 Å². The molecule has 0 radical (unpaired) electrons. The third kappa shape index (κ3) is 5.32. The Kier molecular flexibility index (Phi) is 3.15. The first-order valence-electron chi connectivity index (χ1n) is 2.26. The average molecular weight is 176 g/mol. The third-order valence-electron chi connectivity index (χ3n) is 0.612. The van der Waals surface area contributed by atoms with E-state index >= 15 is 0 Å². The summed E-state index contributed by atoms with van der Waals surface area (Å²) in [6.07, 6.45) is 0. The van der Waals surface area contributed by atoms with Crippen LogP contribution in [0.4, 0.5) is 0 Å². The zero-order valence-electron chi connectivity index (χ0n) is 4.78. The van der Waals surface area contributed by atoms with Gasteiger partial charge in [0.15, 0.2) is 0 Å². The van der Waals surface area contributed by atoms with Crippen LogP contribution in [0.3, 0.4) is 0 Å². The zero-order valence-corrected chi connectivity index (χ0v) is 8.62. The van der Waals surface area contributed by atoms with Crippen LogP contribution in [0.1, 0.15) is 0 Å². The molecule has 0 rings (SSSR count). The van der Waals surface area contributed by atoms with Gasteiger partial charge in [0.25, 0.3) is 0 Å². The van der Waals surface area contributed by atoms with Gasteiger partial charge in [0.2, 0.25) is 0 Å². The molecule has 0 aliphatic carbocycles. The Morgan fingerprint density at radius 1 is 1.33 bits per heavy atom. The fraction of sp³-hybridized carbons (Fsp3) is 1.00. The van der Waals surface area contributed by atoms with Gasteiger partial charge in [0.1, 0.15) is 0 Å². The van der Waals surface area contributed by atoms with Gasteiger partial charge in [-0.1, -0.05) is 0 Å². The van der Waals surface area contributed by atoms with Crippen LogP contribution in [-0.4, -0.2) is 8.07 Å². The summed E-state index contributed by atoms with van der Waals surface area (Å²) in [4.78, 5) is 0. The van der Waals surface area contributed by atoms with Crippen LogP contribution in [0.2, 0.25) is 22.5 Å². The van der Waals surface area contributed by atoms with E-state index in [0.717, 1.165) is 0 Å². The Morgan fingerprint density at radius 3 is 1.50 bits per heavy atom. The van der Waals surface area contributed by atoms with Crippen molar-refractivity contribution in [2.75, 3.05) is 0 Å². The first-order valence-corrected chi connectivity index (χ1v) is 7.98. The Morgan fingerprint density at radius 2 is 1.50 bits per heavy atom. The van der Waals surface area contributed by atoms with Crippen molar-refractivity contribution in [1.82, 2.24) is 0 Å². The monoisotopic (exact) mass is 176 g/mol. The molecule has 0 aromatic rings. The van der Waals surface area contributed by atoms with E-state index in [-0.39, 0.29) is 0 Å². The molecule has 0 unspecified atom stereocenters. The molecule has 0 amide bonds. The predicted molar refractivity (Wildman–Crippen MR) is 28.2 cm³/mol. The Hall–Kier alpha value is 1.32. The van der Waals surface area contributed by atoms with Gasteiger partial charge >= 0.3 is 61.5 Å². The minimum atomic E-state index is -0.573. The molecule has 34 valence electrons. The van der Waals surface area contributed by atoms with Crippen LogP contribution in [0.5, 0.6) is 0 Å². The van der Waals surface area contributed by atoms with E-state index in [9.17, 15) is 0 Å². The molecule has 0 saturated carbocycles. The Labute approximate surface area is 61.2 Å². The summed E-state index contributed by atoms with van der Waals surface area (Å²) >= 11 is 1.46. The average Bonchev–Trinajstić information content (AvgIpc) is 1.35. The molecule has 0 heterocycles. The molecule has 0 N–H and O–H groups in total. The minimum absolute atomic E-state index is 0.573. The maximum absolute atomic E-state index is 2.41. The van der Waals surface area contributed by atoms with Gasteiger partial charge in [-0.25, -0.2) is 0 Å². The van der Waals surface area contributed by atoms with Crippen LogP contribution in [0.25, 0.3) is 0 Å². The Balaban J connectivity index is 3.17. The molecule has 0 bridgehead atoms. The van der Waals surface area contributed by atoms with Crippen LogP contribution >= 0.6 is 0 Å². The fourth-order valence-corrected chi connectivity index (χ4v) is 0. The first-order chi connectivity index (χ1) is 2.56. The summed E-state index contributed by atoms with van der Waals surface area (Å²) < 4.78 is 1.54. The summed E-state index contributed by atoms with van der Waals surface area (Å²) in [6.45, 7) is 7.24. The van der Waals surface area contributed by atoms with E-state index in [0.29, 0.717) is 0 Å². The normalized spacial score (nSPS) is 11.7. The molecule has 0 spiro atoms. The topological polar surface area (TPSA) is 0 Å². The van der Waals surface area contributed by atoms with Crippen molar-refractivity contribution in [2.24, 2.45) is 0 Å². The number of rotatable bonds is 1. The van der Waals surface area contributed by atoms with Crippen molar-refractivity contribution in [2.45, 2.75) is 22.5 Å². The number of hydrogen-bond donors (Lipinski definition) is 0. The molecule has 0 nitrogen and oxygen atoms in total. The van der Waals surface area contributed by atoms with Crippen molar-refractivity contribution < 1.29 is 31.0 Å². The molecule has 0 aliphatic rings. The SMILES string of the molecule is C[Si](C)(C)[CH2][Y]. The van der Waals surface area contributed by atoms with E-state index in [1.807, 2.05) is 0 Å². The quantitative estimate of drug-likeness (QED) is 0.534. The van der Waals surface area contributed by atoms with E-state index in [1.54, 1.807) is 0 Å². The van der Waals surface area contributed by atoms with Crippen molar-refractivity contribution >= 4 is 8.07 Å². The molecular weight excluding hydrogens is 165 g/mol. The number of hydrogen-bond acceptors (Lipinski definition) is 0. The zero-order chi connectivity index (χ0) is 5.21. The van der Waals surface area contributed by atoms with Crippen LogP contribution in [0, 0.1) is 0 Å². The van der Waals surface area contributed by atoms with Gasteiger partial charge < -0.3 is 0 Å². The first kappa shape index (κ1) is 7.32. The van der Waals surface area contributed by atoms with E-state index in [1.165, 1.54) is 33.8 Å². The second-order valence-corrected chi connectivity index (χ2v) is 11.3. The maximum atomic E-state index is 2.41. The molecular formula is C4H11SiY. The third-order valence-corrected chi connectivity index (χ3v) is 10.9. The van der Waals surface area contributed by atoms with Crippen molar-refractivity contribution in [1.29, 1.82) is 0 Å². The second kappa shape index (κ2) is 2.58. The molecule has 6 heavy (non-hydrogen) atoms. The molecule has 0 aromatic heterocycles. The summed E-state index contributed by atoms with van der Waals surface area (Å²) in [5.41, 5.74) is 0. The summed E-state index contributed by atoms with van der Waals surface area (Å²) in [7, 11) is -0.573. The molecule has 0 saturated heterocycles. The van der Waals surface area contributed by atoms with Crippen LogP contribution in [0.15, 0.2) is 0 Å². The summed E-state index contributed by atoms with van der Waals surface area (Å²) in [5, 5.41) is 0. The Bertz CT molecular complexity index is 37.3. The second-order valence-electron chi connectivity index (χ2n) is 2.76. The predicted octanol–water partition coefficient (Wildman–Crippen LogP) is 1.83. The van der Waals surface area contributed by atoms with E-state index < -0.39 is 8.07 Å². The van der Waals surface area contributed by atoms with Gasteiger partial charge in [0.05, 0.1) is 0 Å². The molecule has 2 heteroatoms. The molecule has 0 aromatic carbocycles. The van der Waals surface area contributed by atoms with Gasteiger partial charge in [-0.3, -0.25) is 0 Å². The van der Waals surface area contributed by atoms with Gasteiger partial charge in [0, 0.05) is 0 Å². The molecule has 0 atom stereocenters. The van der Waals surface area contributed by atoms with Gasteiger partial charge in [-0.05, 0) is 0 Å². The summed E-state index contributed by atoms with van der Waals surface area (Å²) in [5.74, 6) is 0. The van der Waals surface area contributed by atoms with Gasteiger partial charge in [-0.15, -0.1) is 0 Å². The standard InChI is InChI=1S/C4H11Si.Y/c1-5(2,3)4;/h1H2,2-4H3;.